The van der Waals surface area contributed by atoms with Gasteiger partial charge in [0.15, 0.2) is 0 Å². The number of nitrogens with one attached hydrogen (secondary N) is 1. The van der Waals surface area contributed by atoms with E-state index in [4.69, 9.17) is 28.3 Å². The monoisotopic (exact) mass is 321 g/mol. The summed E-state index contributed by atoms with van der Waals surface area (Å²) in [5.74, 6) is -0.630. The number of aliphatic carboxylic acids is 1. The number of carboxylic acids is 1. The van der Waals surface area contributed by atoms with Gasteiger partial charge in [-0.3, -0.25) is 4.79 Å². The number of benzene rings is 1. The summed E-state index contributed by atoms with van der Waals surface area (Å²) in [6.07, 6.45) is 0. The first-order valence-electron chi connectivity index (χ1n) is 5.41. The summed E-state index contributed by atoms with van der Waals surface area (Å²) in [4.78, 5) is 21.8. The van der Waals surface area contributed by atoms with Crippen molar-refractivity contribution in [2.24, 2.45) is 0 Å². The molecule has 104 valence electrons. The summed E-state index contributed by atoms with van der Waals surface area (Å²) >= 11 is 13.2. The van der Waals surface area contributed by atoms with Crippen LogP contribution in [0, 0.1) is 0 Å². The molecule has 0 unspecified atom stereocenters. The quantitative estimate of drug-likeness (QED) is 0.845. The number of rotatable bonds is 6. The van der Waals surface area contributed by atoms with E-state index in [0.29, 0.717) is 15.8 Å². The van der Waals surface area contributed by atoms with E-state index in [9.17, 15) is 9.59 Å². The van der Waals surface area contributed by atoms with E-state index < -0.39 is 12.0 Å². The number of thioether (sulfide) groups is 1. The molecule has 0 saturated carbocycles. The molecule has 1 amide bonds. The Morgan fingerprint density at radius 1 is 1.42 bits per heavy atom. The molecular weight excluding hydrogens is 309 g/mol. The lowest BCUT2D eigenvalue weighted by Crippen LogP contribution is -2.41. The summed E-state index contributed by atoms with van der Waals surface area (Å²) in [5, 5.41) is 12.5. The smallest absolute Gasteiger partial charge is 0.327 e. The first-order chi connectivity index (χ1) is 8.90. The third-order valence-corrected chi connectivity index (χ3v) is 3.91. The molecule has 1 atom stereocenters. The molecule has 0 aliphatic rings. The molecular formula is C12H13Cl2NO3S. The molecule has 0 fully saturated rings. The van der Waals surface area contributed by atoms with Gasteiger partial charge >= 0.3 is 5.97 Å². The van der Waals surface area contributed by atoms with Crippen LogP contribution in [-0.4, -0.2) is 28.8 Å². The number of amides is 1. The van der Waals surface area contributed by atoms with Gasteiger partial charge in [-0.2, -0.15) is 11.8 Å². The third-order valence-electron chi connectivity index (χ3n) is 2.23. The third kappa shape index (κ3) is 5.72. The fourth-order valence-electron chi connectivity index (χ4n) is 1.36. The first-order valence-corrected chi connectivity index (χ1v) is 7.32. The Morgan fingerprint density at radius 3 is 2.68 bits per heavy atom. The van der Waals surface area contributed by atoms with Crippen LogP contribution in [0.1, 0.15) is 12.5 Å². The molecule has 2 N–H and O–H groups in total. The molecule has 0 heterocycles. The molecule has 19 heavy (non-hydrogen) atoms. The predicted octanol–water partition coefficient (Wildman–Crippen LogP) is 2.82. The van der Waals surface area contributed by atoms with Gasteiger partial charge in [0.25, 0.3) is 0 Å². The van der Waals surface area contributed by atoms with Crippen molar-refractivity contribution < 1.29 is 14.7 Å². The summed E-state index contributed by atoms with van der Waals surface area (Å²) in [6, 6.07) is 4.23. The largest absolute Gasteiger partial charge is 0.480 e. The van der Waals surface area contributed by atoms with Crippen molar-refractivity contribution >= 4 is 46.8 Å². The van der Waals surface area contributed by atoms with Crippen molar-refractivity contribution in [2.75, 3.05) is 5.75 Å². The molecule has 0 bridgehead atoms. The number of carboxylic acid groups (broad SMARTS) is 1. The standard InChI is InChI=1S/C12H13Cl2NO3S/c1-7(16)15-11(12(17)18)6-19-5-8-4-9(13)2-3-10(8)14/h2-4,11H,5-6H2,1H3,(H,15,16)(H,17,18)/t11-/m0/s1. The second kappa shape index (κ2) is 7.62. The van der Waals surface area contributed by atoms with Crippen molar-refractivity contribution in [3.05, 3.63) is 33.8 Å². The maximum absolute atomic E-state index is 10.9. The summed E-state index contributed by atoms with van der Waals surface area (Å²) in [7, 11) is 0. The molecule has 0 radical (unpaired) electrons. The lowest BCUT2D eigenvalue weighted by molar-refractivity contribution is -0.140. The molecule has 1 rings (SSSR count). The number of hydrogen-bond donors (Lipinski definition) is 2. The Balaban J connectivity index is 2.54. The minimum atomic E-state index is -1.06. The minimum absolute atomic E-state index is 0.262. The average molecular weight is 322 g/mol. The maximum Gasteiger partial charge on any atom is 0.327 e. The molecule has 4 nitrogen and oxygen atoms in total. The fourth-order valence-corrected chi connectivity index (χ4v) is 2.86. The van der Waals surface area contributed by atoms with Crippen molar-refractivity contribution in [2.45, 2.75) is 18.7 Å². The van der Waals surface area contributed by atoms with Gasteiger partial charge in [0.2, 0.25) is 5.91 Å². The van der Waals surface area contributed by atoms with Crippen LogP contribution in [0.15, 0.2) is 18.2 Å². The second-order valence-corrected chi connectivity index (χ2v) is 5.72. The van der Waals surface area contributed by atoms with E-state index in [1.54, 1.807) is 18.2 Å². The SMILES string of the molecule is CC(=O)N[C@@H](CSCc1cc(Cl)ccc1Cl)C(=O)O. The van der Waals surface area contributed by atoms with Gasteiger partial charge in [0, 0.05) is 28.5 Å². The molecule has 0 aliphatic carbocycles. The van der Waals surface area contributed by atoms with E-state index in [1.165, 1.54) is 18.7 Å². The highest BCUT2D eigenvalue weighted by Crippen LogP contribution is 2.24. The summed E-state index contributed by atoms with van der Waals surface area (Å²) in [6.45, 7) is 1.29. The van der Waals surface area contributed by atoms with Gasteiger partial charge in [0.05, 0.1) is 0 Å². The molecule has 0 saturated heterocycles. The fraction of sp³-hybridized carbons (Fsp3) is 0.333. The Morgan fingerprint density at radius 2 is 2.11 bits per heavy atom. The van der Waals surface area contributed by atoms with E-state index in [0.717, 1.165) is 5.56 Å². The van der Waals surface area contributed by atoms with Gasteiger partial charge in [-0.25, -0.2) is 4.79 Å². The Kier molecular flexibility index (Phi) is 6.48. The normalized spacial score (nSPS) is 11.9. The highest BCUT2D eigenvalue weighted by atomic mass is 35.5. The van der Waals surface area contributed by atoms with E-state index in [-0.39, 0.29) is 11.7 Å². The van der Waals surface area contributed by atoms with Gasteiger partial charge < -0.3 is 10.4 Å². The van der Waals surface area contributed by atoms with Crippen LogP contribution in [0.25, 0.3) is 0 Å². The zero-order valence-electron chi connectivity index (χ0n) is 10.2. The molecule has 0 aliphatic heterocycles. The molecule has 1 aromatic carbocycles. The van der Waals surface area contributed by atoms with Gasteiger partial charge in [-0.15, -0.1) is 0 Å². The van der Waals surface area contributed by atoms with E-state index in [1.807, 2.05) is 0 Å². The van der Waals surface area contributed by atoms with Gasteiger partial charge in [0.1, 0.15) is 6.04 Å². The number of carbonyl (C=O) groups excluding carboxylic acids is 1. The zero-order chi connectivity index (χ0) is 14.4. The highest BCUT2D eigenvalue weighted by molar-refractivity contribution is 7.98. The lowest BCUT2D eigenvalue weighted by Gasteiger charge is -2.13. The van der Waals surface area contributed by atoms with Crippen LogP contribution in [-0.2, 0) is 15.3 Å². The van der Waals surface area contributed by atoms with Gasteiger partial charge in [-0.05, 0) is 23.8 Å². The van der Waals surface area contributed by atoms with Crippen molar-refractivity contribution in [3.63, 3.8) is 0 Å². The molecule has 1 aromatic rings. The van der Waals surface area contributed by atoms with Crippen LogP contribution >= 0.6 is 35.0 Å². The predicted molar refractivity (Wildman–Crippen MR) is 77.9 cm³/mol. The van der Waals surface area contributed by atoms with Crippen LogP contribution in [0.2, 0.25) is 10.0 Å². The van der Waals surface area contributed by atoms with Crippen LogP contribution in [0.3, 0.4) is 0 Å². The summed E-state index contributed by atoms with van der Waals surface area (Å²) in [5.41, 5.74) is 0.839. The van der Waals surface area contributed by atoms with Crippen molar-refractivity contribution in [1.29, 1.82) is 0 Å². The second-order valence-electron chi connectivity index (χ2n) is 3.84. The molecule has 0 spiro atoms. The van der Waals surface area contributed by atoms with Crippen LogP contribution in [0.4, 0.5) is 0 Å². The Labute approximate surface area is 125 Å². The number of carbonyl (C=O) groups is 2. The van der Waals surface area contributed by atoms with Gasteiger partial charge in [-0.1, -0.05) is 23.2 Å². The van der Waals surface area contributed by atoms with Crippen LogP contribution < -0.4 is 5.32 Å². The maximum atomic E-state index is 10.9. The number of halogens is 2. The lowest BCUT2D eigenvalue weighted by atomic mass is 10.2. The average Bonchev–Trinajstić information content (AvgIpc) is 2.31. The van der Waals surface area contributed by atoms with Crippen LogP contribution in [0.5, 0.6) is 0 Å². The highest BCUT2D eigenvalue weighted by Gasteiger charge is 2.18. The molecule has 7 heteroatoms. The zero-order valence-corrected chi connectivity index (χ0v) is 12.5. The number of hydrogen-bond acceptors (Lipinski definition) is 3. The van der Waals surface area contributed by atoms with Crippen molar-refractivity contribution in [3.8, 4) is 0 Å². The topological polar surface area (TPSA) is 66.4 Å². The van der Waals surface area contributed by atoms with E-state index in [2.05, 4.69) is 5.32 Å². The molecule has 0 aromatic heterocycles. The first kappa shape index (κ1) is 16.1. The Bertz CT molecular complexity index is 482. The minimum Gasteiger partial charge on any atom is -0.480 e. The summed E-state index contributed by atoms with van der Waals surface area (Å²) < 4.78 is 0. The Hall–Kier alpha value is -0.910. The van der Waals surface area contributed by atoms with E-state index >= 15 is 0 Å². The van der Waals surface area contributed by atoms with Crippen molar-refractivity contribution in [1.82, 2.24) is 5.32 Å².